The van der Waals surface area contributed by atoms with Crippen molar-refractivity contribution in [2.24, 2.45) is 0 Å². The molecular formula is C11H17N3O. The van der Waals surface area contributed by atoms with Crippen LogP contribution in [0.5, 0.6) is 0 Å². The molecule has 15 heavy (non-hydrogen) atoms. The van der Waals surface area contributed by atoms with Crippen LogP contribution in [0.1, 0.15) is 19.4 Å². The number of aryl methyl sites for hydroxylation is 1. The van der Waals surface area contributed by atoms with Gasteiger partial charge in [-0.05, 0) is 32.9 Å². The van der Waals surface area contributed by atoms with E-state index in [9.17, 15) is 4.79 Å². The lowest BCUT2D eigenvalue weighted by Gasteiger charge is -2.11. The topological polar surface area (TPSA) is 53.2 Å². The summed E-state index contributed by atoms with van der Waals surface area (Å²) in [6.45, 7) is 5.83. The normalized spacial score (nSPS) is 9.87. The zero-order chi connectivity index (χ0) is 11.3. The van der Waals surface area contributed by atoms with E-state index in [2.05, 4.69) is 16.2 Å². The third kappa shape index (κ3) is 4.35. The Kier molecular flexibility index (Phi) is 3.97. The number of nitrogens with one attached hydrogen (secondary N) is 3. The summed E-state index contributed by atoms with van der Waals surface area (Å²) in [4.78, 5) is 11.2. The summed E-state index contributed by atoms with van der Waals surface area (Å²) in [6.07, 6.45) is 0. The van der Waals surface area contributed by atoms with Gasteiger partial charge < -0.3 is 5.32 Å². The first-order chi connectivity index (χ1) is 7.08. The van der Waals surface area contributed by atoms with E-state index in [0.717, 1.165) is 5.69 Å². The van der Waals surface area contributed by atoms with Crippen molar-refractivity contribution in [3.05, 3.63) is 29.8 Å². The Balaban J connectivity index is 2.37. The van der Waals surface area contributed by atoms with Gasteiger partial charge in [-0.2, -0.15) is 0 Å². The Morgan fingerprint density at radius 3 is 2.33 bits per heavy atom. The maximum Gasteiger partial charge on any atom is 0.333 e. The number of hydrazine groups is 1. The van der Waals surface area contributed by atoms with E-state index in [0.29, 0.717) is 0 Å². The summed E-state index contributed by atoms with van der Waals surface area (Å²) >= 11 is 0. The smallest absolute Gasteiger partial charge is 0.333 e. The molecule has 0 saturated heterocycles. The fourth-order valence-electron chi connectivity index (χ4n) is 1.06. The van der Waals surface area contributed by atoms with Crippen molar-refractivity contribution in [2.75, 3.05) is 5.43 Å². The molecule has 0 fully saturated rings. The summed E-state index contributed by atoms with van der Waals surface area (Å²) in [6, 6.07) is 7.67. The van der Waals surface area contributed by atoms with E-state index in [1.807, 2.05) is 45.0 Å². The SMILES string of the molecule is Cc1ccc(NNC(=O)NC(C)C)cc1. The highest BCUT2D eigenvalue weighted by molar-refractivity contribution is 5.75. The zero-order valence-electron chi connectivity index (χ0n) is 9.29. The van der Waals surface area contributed by atoms with Gasteiger partial charge in [0, 0.05) is 6.04 Å². The van der Waals surface area contributed by atoms with Crippen LogP contribution in [0.15, 0.2) is 24.3 Å². The van der Waals surface area contributed by atoms with Crippen molar-refractivity contribution in [1.29, 1.82) is 0 Å². The maximum atomic E-state index is 11.2. The molecule has 0 aliphatic rings. The van der Waals surface area contributed by atoms with Crippen LogP contribution >= 0.6 is 0 Å². The summed E-state index contributed by atoms with van der Waals surface area (Å²) in [5, 5.41) is 2.71. The second kappa shape index (κ2) is 5.24. The molecule has 0 aliphatic heterocycles. The minimum absolute atomic E-state index is 0.129. The van der Waals surface area contributed by atoms with Gasteiger partial charge in [0.1, 0.15) is 0 Å². The molecule has 82 valence electrons. The molecule has 0 heterocycles. The minimum atomic E-state index is -0.231. The molecule has 0 radical (unpaired) electrons. The van der Waals surface area contributed by atoms with E-state index >= 15 is 0 Å². The molecule has 2 amide bonds. The number of hydrogen-bond donors (Lipinski definition) is 3. The second-order valence-corrected chi connectivity index (χ2v) is 3.74. The summed E-state index contributed by atoms with van der Waals surface area (Å²) in [5.41, 5.74) is 7.41. The van der Waals surface area contributed by atoms with Gasteiger partial charge in [0.05, 0.1) is 5.69 Å². The third-order valence-electron chi connectivity index (χ3n) is 1.79. The molecular weight excluding hydrogens is 190 g/mol. The van der Waals surface area contributed by atoms with Crippen molar-refractivity contribution >= 4 is 11.7 Å². The molecule has 0 aliphatic carbocycles. The van der Waals surface area contributed by atoms with Gasteiger partial charge in [-0.1, -0.05) is 17.7 Å². The second-order valence-electron chi connectivity index (χ2n) is 3.74. The Morgan fingerprint density at radius 1 is 1.20 bits per heavy atom. The number of urea groups is 1. The Hall–Kier alpha value is -1.71. The Labute approximate surface area is 90.0 Å². The number of anilines is 1. The van der Waals surface area contributed by atoms with Crippen LogP contribution in [0.2, 0.25) is 0 Å². The predicted molar refractivity (Wildman–Crippen MR) is 61.6 cm³/mol. The lowest BCUT2D eigenvalue weighted by atomic mass is 10.2. The molecule has 1 rings (SSSR count). The lowest BCUT2D eigenvalue weighted by Crippen LogP contribution is -2.42. The molecule has 0 bridgehead atoms. The van der Waals surface area contributed by atoms with E-state index in [4.69, 9.17) is 0 Å². The van der Waals surface area contributed by atoms with Crippen LogP contribution in [0, 0.1) is 6.92 Å². The molecule has 1 aromatic carbocycles. The van der Waals surface area contributed by atoms with Crippen molar-refractivity contribution in [1.82, 2.24) is 10.7 Å². The number of rotatable bonds is 3. The molecule has 0 spiro atoms. The van der Waals surface area contributed by atoms with Crippen LogP contribution in [0.4, 0.5) is 10.5 Å². The van der Waals surface area contributed by atoms with Gasteiger partial charge in [0.2, 0.25) is 0 Å². The van der Waals surface area contributed by atoms with Gasteiger partial charge in [-0.3, -0.25) is 10.9 Å². The predicted octanol–water partition coefficient (Wildman–Crippen LogP) is 2.03. The molecule has 0 unspecified atom stereocenters. The molecule has 3 N–H and O–H groups in total. The van der Waals surface area contributed by atoms with E-state index in [-0.39, 0.29) is 12.1 Å². The first kappa shape index (κ1) is 11.4. The number of carbonyl (C=O) groups excluding carboxylic acids is 1. The highest BCUT2D eigenvalue weighted by Crippen LogP contribution is 2.06. The van der Waals surface area contributed by atoms with Crippen LogP contribution in [0.3, 0.4) is 0 Å². The van der Waals surface area contributed by atoms with Gasteiger partial charge >= 0.3 is 6.03 Å². The largest absolute Gasteiger partial charge is 0.335 e. The number of benzene rings is 1. The quantitative estimate of drug-likeness (QED) is 0.664. The average Bonchev–Trinajstić information content (AvgIpc) is 2.16. The monoisotopic (exact) mass is 207 g/mol. The molecule has 0 atom stereocenters. The maximum absolute atomic E-state index is 11.2. The van der Waals surface area contributed by atoms with Crippen LogP contribution in [-0.4, -0.2) is 12.1 Å². The lowest BCUT2D eigenvalue weighted by molar-refractivity contribution is 0.240. The number of amides is 2. The van der Waals surface area contributed by atoms with Crippen LogP contribution < -0.4 is 16.2 Å². The fraction of sp³-hybridized carbons (Fsp3) is 0.364. The number of hydrogen-bond acceptors (Lipinski definition) is 2. The van der Waals surface area contributed by atoms with Crippen molar-refractivity contribution in [2.45, 2.75) is 26.8 Å². The Morgan fingerprint density at radius 2 is 1.80 bits per heavy atom. The van der Waals surface area contributed by atoms with Crippen LogP contribution in [-0.2, 0) is 0 Å². The van der Waals surface area contributed by atoms with Gasteiger partial charge in [-0.15, -0.1) is 0 Å². The Bertz CT molecular complexity index is 319. The molecule has 4 nitrogen and oxygen atoms in total. The number of carbonyl (C=O) groups is 1. The van der Waals surface area contributed by atoms with Crippen molar-refractivity contribution in [3.63, 3.8) is 0 Å². The van der Waals surface area contributed by atoms with E-state index in [1.165, 1.54) is 5.56 Å². The average molecular weight is 207 g/mol. The summed E-state index contributed by atoms with van der Waals surface area (Å²) in [7, 11) is 0. The highest BCUT2D eigenvalue weighted by Gasteiger charge is 2.00. The standard InChI is InChI=1S/C11H17N3O/c1-8(2)12-11(15)14-13-10-6-4-9(3)5-7-10/h4-8,13H,1-3H3,(H2,12,14,15). The molecule has 0 aromatic heterocycles. The highest BCUT2D eigenvalue weighted by atomic mass is 16.2. The molecule has 0 saturated carbocycles. The van der Waals surface area contributed by atoms with Gasteiger partial charge in [0.15, 0.2) is 0 Å². The van der Waals surface area contributed by atoms with E-state index < -0.39 is 0 Å². The first-order valence-corrected chi connectivity index (χ1v) is 4.97. The summed E-state index contributed by atoms with van der Waals surface area (Å²) < 4.78 is 0. The van der Waals surface area contributed by atoms with Crippen molar-refractivity contribution in [3.8, 4) is 0 Å². The van der Waals surface area contributed by atoms with Gasteiger partial charge in [-0.25, -0.2) is 4.79 Å². The van der Waals surface area contributed by atoms with Gasteiger partial charge in [0.25, 0.3) is 0 Å². The fourth-order valence-corrected chi connectivity index (χ4v) is 1.06. The molecule has 4 heteroatoms. The van der Waals surface area contributed by atoms with E-state index in [1.54, 1.807) is 0 Å². The molecule has 1 aromatic rings. The third-order valence-corrected chi connectivity index (χ3v) is 1.79. The summed E-state index contributed by atoms with van der Waals surface area (Å²) in [5.74, 6) is 0. The first-order valence-electron chi connectivity index (χ1n) is 4.97. The van der Waals surface area contributed by atoms with Crippen LogP contribution in [0.25, 0.3) is 0 Å². The minimum Gasteiger partial charge on any atom is -0.335 e. The van der Waals surface area contributed by atoms with Crippen molar-refractivity contribution < 1.29 is 4.79 Å². The zero-order valence-corrected chi connectivity index (χ0v) is 9.29.